The number of aliphatic hydroxyl groups excluding tert-OH is 1. The summed E-state index contributed by atoms with van der Waals surface area (Å²) in [7, 11) is 1.96. The molecule has 0 saturated carbocycles. The largest absolute Gasteiger partial charge is 0.385 e. The Kier molecular flexibility index (Phi) is 3.21. The molecule has 0 radical (unpaired) electrons. The van der Waals surface area contributed by atoms with Crippen molar-refractivity contribution in [1.82, 2.24) is 24.7 Å². The number of hydrogen-bond donors (Lipinski definition) is 2. The highest BCUT2D eigenvalue weighted by Crippen LogP contribution is 2.37. The molecule has 0 bridgehead atoms. The van der Waals surface area contributed by atoms with Crippen molar-refractivity contribution in [1.29, 1.82) is 0 Å². The number of thiophene rings is 1. The van der Waals surface area contributed by atoms with Crippen molar-refractivity contribution in [3.8, 4) is 10.6 Å². The third-order valence-corrected chi connectivity index (χ3v) is 5.30. The predicted molar refractivity (Wildman–Crippen MR) is 91.5 cm³/mol. The van der Waals surface area contributed by atoms with E-state index in [9.17, 15) is 5.11 Å². The third kappa shape index (κ3) is 2.08. The summed E-state index contributed by atoms with van der Waals surface area (Å²) in [5, 5.41) is 17.2. The summed E-state index contributed by atoms with van der Waals surface area (Å²) in [6.07, 6.45) is 1.82. The van der Waals surface area contributed by atoms with Gasteiger partial charge >= 0.3 is 0 Å². The molecule has 118 valence electrons. The van der Waals surface area contributed by atoms with Crippen molar-refractivity contribution in [2.24, 2.45) is 7.05 Å². The Morgan fingerprint density at radius 2 is 2.22 bits per heavy atom. The fourth-order valence-corrected chi connectivity index (χ4v) is 4.06. The van der Waals surface area contributed by atoms with E-state index in [1.165, 1.54) is 0 Å². The van der Waals surface area contributed by atoms with E-state index >= 15 is 0 Å². The number of fused-ring (bicyclic) bond motifs is 3. The van der Waals surface area contributed by atoms with Crippen LogP contribution >= 0.6 is 11.3 Å². The summed E-state index contributed by atoms with van der Waals surface area (Å²) in [6.45, 7) is 3.91. The minimum Gasteiger partial charge on any atom is -0.385 e. The molecular formula is C16H17N5OS. The number of nitrogens with zero attached hydrogens (tertiary/aromatic N) is 4. The van der Waals surface area contributed by atoms with Gasteiger partial charge in [-0.25, -0.2) is 9.97 Å². The summed E-state index contributed by atoms with van der Waals surface area (Å²) in [5.41, 5.74) is 4.71. The van der Waals surface area contributed by atoms with Gasteiger partial charge in [-0.2, -0.15) is 5.10 Å². The summed E-state index contributed by atoms with van der Waals surface area (Å²) in [4.78, 5) is 10.4. The second-order valence-electron chi connectivity index (χ2n) is 5.64. The van der Waals surface area contributed by atoms with Crippen molar-refractivity contribution >= 4 is 32.6 Å². The molecule has 23 heavy (non-hydrogen) atoms. The molecule has 0 spiro atoms. The SMILES string of the molecule is CCC(O)c1nc2c(C)nc3cc(-c4ccn[nH]4)sc3c2n1C. The molecule has 4 aromatic rings. The molecule has 0 aliphatic rings. The second-order valence-corrected chi connectivity index (χ2v) is 6.70. The van der Waals surface area contributed by atoms with Gasteiger partial charge < -0.3 is 9.67 Å². The normalized spacial score (nSPS) is 13.2. The first-order valence-electron chi connectivity index (χ1n) is 7.54. The topological polar surface area (TPSA) is 79.6 Å². The van der Waals surface area contributed by atoms with Crippen LogP contribution in [-0.4, -0.2) is 29.8 Å². The maximum absolute atomic E-state index is 10.2. The molecule has 0 aliphatic carbocycles. The maximum atomic E-state index is 10.2. The highest BCUT2D eigenvalue weighted by Gasteiger charge is 2.20. The van der Waals surface area contributed by atoms with E-state index in [0.717, 1.165) is 37.5 Å². The van der Waals surface area contributed by atoms with E-state index in [1.807, 2.05) is 31.5 Å². The van der Waals surface area contributed by atoms with E-state index in [2.05, 4.69) is 21.2 Å². The Bertz CT molecular complexity index is 999. The first-order chi connectivity index (χ1) is 11.1. The van der Waals surface area contributed by atoms with Crippen LogP contribution in [0.2, 0.25) is 0 Å². The zero-order chi connectivity index (χ0) is 16.1. The Morgan fingerprint density at radius 1 is 1.39 bits per heavy atom. The van der Waals surface area contributed by atoms with Crippen LogP contribution in [0.1, 0.15) is 31.0 Å². The lowest BCUT2D eigenvalue weighted by atomic mass is 10.2. The molecule has 0 aliphatic heterocycles. The van der Waals surface area contributed by atoms with Gasteiger partial charge in [-0.15, -0.1) is 11.3 Å². The Balaban J connectivity index is 2.05. The van der Waals surface area contributed by atoms with Crippen molar-refractivity contribution in [2.75, 3.05) is 0 Å². The number of aromatic amines is 1. The molecule has 0 fully saturated rings. The molecule has 0 amide bonds. The molecule has 4 aromatic heterocycles. The van der Waals surface area contributed by atoms with Gasteiger partial charge in [0.2, 0.25) is 0 Å². The highest BCUT2D eigenvalue weighted by atomic mass is 32.1. The average Bonchev–Trinajstić information content (AvgIpc) is 3.24. The van der Waals surface area contributed by atoms with Crippen LogP contribution < -0.4 is 0 Å². The van der Waals surface area contributed by atoms with Gasteiger partial charge in [0.15, 0.2) is 0 Å². The smallest absolute Gasteiger partial charge is 0.138 e. The van der Waals surface area contributed by atoms with E-state index in [0.29, 0.717) is 12.2 Å². The van der Waals surface area contributed by atoms with Gasteiger partial charge in [-0.1, -0.05) is 6.92 Å². The van der Waals surface area contributed by atoms with Crippen molar-refractivity contribution in [3.63, 3.8) is 0 Å². The Labute approximate surface area is 136 Å². The van der Waals surface area contributed by atoms with Crippen molar-refractivity contribution in [3.05, 3.63) is 29.8 Å². The lowest BCUT2D eigenvalue weighted by Gasteiger charge is -2.07. The van der Waals surface area contributed by atoms with Gasteiger partial charge in [0, 0.05) is 13.2 Å². The molecule has 4 rings (SSSR count). The zero-order valence-electron chi connectivity index (χ0n) is 13.2. The quantitative estimate of drug-likeness (QED) is 0.605. The van der Waals surface area contributed by atoms with E-state index in [4.69, 9.17) is 4.98 Å². The highest BCUT2D eigenvalue weighted by molar-refractivity contribution is 7.23. The minimum atomic E-state index is -0.561. The number of aryl methyl sites for hydroxylation is 2. The molecule has 7 heteroatoms. The Morgan fingerprint density at radius 3 is 2.91 bits per heavy atom. The van der Waals surface area contributed by atoms with Crippen LogP contribution in [0.25, 0.3) is 31.8 Å². The first-order valence-corrected chi connectivity index (χ1v) is 8.36. The molecule has 1 unspecified atom stereocenters. The molecule has 0 aromatic carbocycles. The van der Waals surface area contributed by atoms with Crippen LogP contribution in [0.4, 0.5) is 0 Å². The maximum Gasteiger partial charge on any atom is 0.138 e. The van der Waals surface area contributed by atoms with Crippen LogP contribution in [0.5, 0.6) is 0 Å². The number of H-pyrrole nitrogens is 1. The average molecular weight is 327 g/mol. The van der Waals surface area contributed by atoms with Gasteiger partial charge in [-0.3, -0.25) is 5.10 Å². The van der Waals surface area contributed by atoms with Crippen molar-refractivity contribution in [2.45, 2.75) is 26.4 Å². The molecule has 0 saturated heterocycles. The van der Waals surface area contributed by atoms with Crippen LogP contribution in [0.15, 0.2) is 18.3 Å². The number of nitrogens with one attached hydrogen (secondary N) is 1. The van der Waals surface area contributed by atoms with Crippen LogP contribution in [0, 0.1) is 6.92 Å². The lowest BCUT2D eigenvalue weighted by Crippen LogP contribution is -2.04. The van der Waals surface area contributed by atoms with E-state index < -0.39 is 6.10 Å². The zero-order valence-corrected chi connectivity index (χ0v) is 14.0. The predicted octanol–water partition coefficient (Wildman–Crippen LogP) is 3.32. The number of rotatable bonds is 3. The van der Waals surface area contributed by atoms with Gasteiger partial charge in [0.05, 0.1) is 32.0 Å². The number of pyridine rings is 1. The van der Waals surface area contributed by atoms with Gasteiger partial charge in [0.25, 0.3) is 0 Å². The summed E-state index contributed by atoms with van der Waals surface area (Å²) >= 11 is 1.66. The fraction of sp³-hybridized carbons (Fsp3) is 0.312. The second kappa shape index (κ2) is 5.14. The number of imidazole rings is 1. The number of hydrogen-bond acceptors (Lipinski definition) is 5. The third-order valence-electron chi connectivity index (χ3n) is 4.14. The number of aliphatic hydroxyl groups is 1. The standard InChI is InChI=1S/C16H17N5OS/c1-4-11(22)16-19-13-8(2)18-10-7-12(9-5-6-17-20-9)23-15(10)14(13)21(16)3/h5-7,11,22H,4H2,1-3H3,(H,17,20). The fourth-order valence-electron chi connectivity index (χ4n) is 2.90. The molecule has 4 heterocycles. The minimum absolute atomic E-state index is 0.561. The molecule has 2 N–H and O–H groups in total. The molecular weight excluding hydrogens is 310 g/mol. The molecule has 1 atom stereocenters. The summed E-state index contributed by atoms with van der Waals surface area (Å²) in [5.74, 6) is 0.691. The van der Waals surface area contributed by atoms with Gasteiger partial charge in [-0.05, 0) is 25.5 Å². The molecule has 6 nitrogen and oxygen atoms in total. The van der Waals surface area contributed by atoms with Crippen molar-refractivity contribution < 1.29 is 5.11 Å². The van der Waals surface area contributed by atoms with Gasteiger partial charge in [0.1, 0.15) is 17.4 Å². The summed E-state index contributed by atoms with van der Waals surface area (Å²) in [6, 6.07) is 4.02. The first kappa shape index (κ1) is 14.3. The number of aromatic nitrogens is 5. The summed E-state index contributed by atoms with van der Waals surface area (Å²) < 4.78 is 3.08. The van der Waals surface area contributed by atoms with E-state index in [-0.39, 0.29) is 0 Å². The Hall–Kier alpha value is -2.25. The lowest BCUT2D eigenvalue weighted by molar-refractivity contribution is 0.161. The van der Waals surface area contributed by atoms with E-state index in [1.54, 1.807) is 17.5 Å². The van der Waals surface area contributed by atoms with Crippen LogP contribution in [0.3, 0.4) is 0 Å². The monoisotopic (exact) mass is 327 g/mol. The van der Waals surface area contributed by atoms with Crippen LogP contribution in [-0.2, 0) is 7.05 Å².